The third kappa shape index (κ3) is 3.81. The van der Waals surface area contributed by atoms with Gasteiger partial charge in [-0.05, 0) is 24.3 Å². The summed E-state index contributed by atoms with van der Waals surface area (Å²) in [5.74, 6) is -1.14. The topological polar surface area (TPSA) is 119 Å². The minimum absolute atomic E-state index is 0.112. The van der Waals surface area contributed by atoms with Crippen LogP contribution in [0.25, 0.3) is 0 Å². The number of nitrogens with zero attached hydrogens (tertiary/aromatic N) is 1. The minimum Gasteiger partial charge on any atom is -0.379 e. The molecule has 1 fully saturated rings. The second-order valence-corrected chi connectivity index (χ2v) is 6.63. The zero-order chi connectivity index (χ0) is 16.2. The lowest BCUT2D eigenvalue weighted by Gasteiger charge is -2.26. The van der Waals surface area contributed by atoms with Crippen LogP contribution in [0.5, 0.6) is 0 Å². The van der Waals surface area contributed by atoms with Crippen LogP contribution in [-0.2, 0) is 19.6 Å². The minimum atomic E-state index is -3.58. The van der Waals surface area contributed by atoms with Crippen molar-refractivity contribution in [2.45, 2.75) is 4.90 Å². The molecule has 1 aliphatic heterocycles. The first-order valence-corrected chi connectivity index (χ1v) is 8.10. The van der Waals surface area contributed by atoms with Crippen LogP contribution in [0.4, 0.5) is 0 Å². The number of hydrogen-bond donors (Lipinski definition) is 2. The van der Waals surface area contributed by atoms with Crippen molar-refractivity contribution >= 4 is 21.8 Å². The normalized spacial score (nSPS) is 16.2. The number of rotatable bonds is 5. The largest absolute Gasteiger partial charge is 0.379 e. The lowest BCUT2D eigenvalue weighted by Crippen LogP contribution is -2.40. The van der Waals surface area contributed by atoms with Gasteiger partial charge in [0, 0.05) is 18.7 Å². The Kier molecular flexibility index (Phi) is 5.11. The fourth-order valence-electron chi connectivity index (χ4n) is 1.98. The van der Waals surface area contributed by atoms with E-state index in [9.17, 15) is 18.0 Å². The van der Waals surface area contributed by atoms with E-state index in [-0.39, 0.29) is 17.0 Å². The number of morpholine rings is 1. The molecule has 8 nitrogen and oxygen atoms in total. The van der Waals surface area contributed by atoms with E-state index in [4.69, 9.17) is 10.5 Å². The van der Waals surface area contributed by atoms with Gasteiger partial charge in [-0.2, -0.15) is 4.31 Å². The fraction of sp³-hybridized carbons (Fsp3) is 0.385. The predicted octanol–water partition coefficient (Wildman–Crippen LogP) is -1.08. The highest BCUT2D eigenvalue weighted by Gasteiger charge is 2.26. The molecule has 0 unspecified atom stereocenters. The third-order valence-electron chi connectivity index (χ3n) is 3.15. The Labute approximate surface area is 128 Å². The zero-order valence-electron chi connectivity index (χ0n) is 11.8. The van der Waals surface area contributed by atoms with Crippen LogP contribution in [0.2, 0.25) is 0 Å². The van der Waals surface area contributed by atoms with Gasteiger partial charge in [0.1, 0.15) is 0 Å². The van der Waals surface area contributed by atoms with Gasteiger partial charge < -0.3 is 15.8 Å². The number of ether oxygens (including phenoxy) is 1. The van der Waals surface area contributed by atoms with Crippen LogP contribution in [0.15, 0.2) is 29.2 Å². The summed E-state index contributed by atoms with van der Waals surface area (Å²) in [6.45, 7) is 1.08. The van der Waals surface area contributed by atoms with Crippen LogP contribution in [0.1, 0.15) is 10.4 Å². The molecule has 2 rings (SSSR count). The van der Waals surface area contributed by atoms with Gasteiger partial charge in [-0.15, -0.1) is 0 Å². The first kappa shape index (κ1) is 16.4. The van der Waals surface area contributed by atoms with Crippen LogP contribution >= 0.6 is 0 Å². The molecule has 0 radical (unpaired) electrons. The molecule has 22 heavy (non-hydrogen) atoms. The molecule has 2 amide bonds. The standard InChI is InChI=1S/C13H17N3O5S/c14-12(17)9-15-13(18)10-1-3-11(4-2-10)22(19,20)16-5-7-21-8-6-16/h1-4H,5-9H2,(H2,14,17)(H,15,18). The molecule has 1 heterocycles. The molecule has 0 aliphatic carbocycles. The van der Waals surface area contributed by atoms with Crippen LogP contribution < -0.4 is 11.1 Å². The molecule has 0 atom stereocenters. The number of hydrogen-bond acceptors (Lipinski definition) is 5. The quantitative estimate of drug-likeness (QED) is 0.713. The number of amides is 2. The summed E-state index contributed by atoms with van der Waals surface area (Å²) in [4.78, 5) is 22.4. The van der Waals surface area contributed by atoms with Crippen molar-refractivity contribution in [3.63, 3.8) is 0 Å². The summed E-state index contributed by atoms with van der Waals surface area (Å²) in [5, 5.41) is 2.33. The van der Waals surface area contributed by atoms with E-state index in [1.165, 1.54) is 28.6 Å². The highest BCUT2D eigenvalue weighted by Crippen LogP contribution is 2.17. The smallest absolute Gasteiger partial charge is 0.251 e. The van der Waals surface area contributed by atoms with Crippen molar-refractivity contribution in [3.8, 4) is 0 Å². The van der Waals surface area contributed by atoms with E-state index in [2.05, 4.69) is 5.32 Å². The number of nitrogens with two attached hydrogens (primary N) is 1. The average molecular weight is 327 g/mol. The lowest BCUT2D eigenvalue weighted by molar-refractivity contribution is -0.117. The Bertz CT molecular complexity index is 651. The molecule has 0 aromatic heterocycles. The average Bonchev–Trinajstić information content (AvgIpc) is 2.53. The first-order chi connectivity index (χ1) is 10.4. The van der Waals surface area contributed by atoms with Crippen LogP contribution in [0, 0.1) is 0 Å². The number of sulfonamides is 1. The number of benzene rings is 1. The third-order valence-corrected chi connectivity index (χ3v) is 5.06. The summed E-state index contributed by atoms with van der Waals surface area (Å²) in [6, 6.07) is 5.52. The second kappa shape index (κ2) is 6.86. The highest BCUT2D eigenvalue weighted by atomic mass is 32.2. The van der Waals surface area contributed by atoms with Crippen LogP contribution in [-0.4, -0.2) is 57.4 Å². The SMILES string of the molecule is NC(=O)CNC(=O)c1ccc(S(=O)(=O)N2CCOCC2)cc1. The summed E-state index contributed by atoms with van der Waals surface area (Å²) < 4.78 is 31.3. The molecule has 0 spiro atoms. The molecule has 1 aromatic carbocycles. The molecular formula is C13H17N3O5S. The van der Waals surface area contributed by atoms with Crippen LogP contribution in [0.3, 0.4) is 0 Å². The Morgan fingerprint density at radius 3 is 2.32 bits per heavy atom. The van der Waals surface area contributed by atoms with Gasteiger partial charge >= 0.3 is 0 Å². The Balaban J connectivity index is 2.10. The van der Waals surface area contributed by atoms with E-state index < -0.39 is 21.8 Å². The van der Waals surface area contributed by atoms with E-state index in [0.717, 1.165) is 0 Å². The first-order valence-electron chi connectivity index (χ1n) is 6.66. The van der Waals surface area contributed by atoms with Crippen molar-refractivity contribution in [2.24, 2.45) is 5.73 Å². The molecule has 3 N–H and O–H groups in total. The molecule has 0 bridgehead atoms. The monoisotopic (exact) mass is 327 g/mol. The van der Waals surface area contributed by atoms with E-state index in [1.807, 2.05) is 0 Å². The van der Waals surface area contributed by atoms with Gasteiger partial charge in [0.05, 0.1) is 24.7 Å². The van der Waals surface area contributed by atoms with Gasteiger partial charge in [0.25, 0.3) is 5.91 Å². The molecule has 120 valence electrons. The Morgan fingerprint density at radius 1 is 1.18 bits per heavy atom. The maximum atomic E-state index is 12.4. The number of primary amides is 1. The fourth-order valence-corrected chi connectivity index (χ4v) is 3.39. The summed E-state index contributed by atoms with van der Waals surface area (Å²) in [5.41, 5.74) is 5.19. The lowest BCUT2D eigenvalue weighted by atomic mass is 10.2. The van der Waals surface area contributed by atoms with Crippen molar-refractivity contribution in [1.82, 2.24) is 9.62 Å². The van der Waals surface area contributed by atoms with Gasteiger partial charge in [0.2, 0.25) is 15.9 Å². The van der Waals surface area contributed by atoms with Gasteiger partial charge in [-0.3, -0.25) is 9.59 Å². The number of carbonyl (C=O) groups is 2. The second-order valence-electron chi connectivity index (χ2n) is 4.69. The maximum Gasteiger partial charge on any atom is 0.251 e. The molecular weight excluding hydrogens is 310 g/mol. The number of nitrogens with one attached hydrogen (secondary N) is 1. The molecule has 9 heteroatoms. The van der Waals surface area contributed by atoms with Crippen molar-refractivity contribution in [3.05, 3.63) is 29.8 Å². The summed E-state index contributed by atoms with van der Waals surface area (Å²) in [6.07, 6.45) is 0. The molecule has 1 aliphatic rings. The summed E-state index contributed by atoms with van der Waals surface area (Å²) >= 11 is 0. The van der Waals surface area contributed by atoms with Crippen molar-refractivity contribution in [1.29, 1.82) is 0 Å². The van der Waals surface area contributed by atoms with Crippen molar-refractivity contribution < 1.29 is 22.7 Å². The van der Waals surface area contributed by atoms with Gasteiger partial charge in [0.15, 0.2) is 0 Å². The maximum absolute atomic E-state index is 12.4. The summed E-state index contributed by atoms with van der Waals surface area (Å²) in [7, 11) is -3.58. The van der Waals surface area contributed by atoms with E-state index in [1.54, 1.807) is 0 Å². The molecule has 1 aromatic rings. The van der Waals surface area contributed by atoms with Gasteiger partial charge in [-0.25, -0.2) is 8.42 Å². The Morgan fingerprint density at radius 2 is 1.77 bits per heavy atom. The van der Waals surface area contributed by atoms with E-state index >= 15 is 0 Å². The van der Waals surface area contributed by atoms with Gasteiger partial charge in [-0.1, -0.05) is 0 Å². The molecule has 1 saturated heterocycles. The Hall–Kier alpha value is -1.97. The number of carbonyl (C=O) groups excluding carboxylic acids is 2. The molecule has 0 saturated carbocycles. The van der Waals surface area contributed by atoms with Crippen molar-refractivity contribution in [2.75, 3.05) is 32.8 Å². The zero-order valence-corrected chi connectivity index (χ0v) is 12.6. The van der Waals surface area contributed by atoms with E-state index in [0.29, 0.717) is 26.3 Å². The predicted molar refractivity (Wildman–Crippen MR) is 77.5 cm³/mol. The highest BCUT2D eigenvalue weighted by molar-refractivity contribution is 7.89.